The third-order valence-corrected chi connectivity index (χ3v) is 5.21. The molecule has 170 valence electrons. The lowest BCUT2D eigenvalue weighted by atomic mass is 9.87. The molecule has 0 bridgehead atoms. The Morgan fingerprint density at radius 3 is 2.06 bits per heavy atom. The highest BCUT2D eigenvalue weighted by Crippen LogP contribution is 2.26. The van der Waals surface area contributed by atoms with E-state index < -0.39 is 5.91 Å². The number of carbonyl (C=O) groups excluding carboxylic acids is 2. The number of nitrogens with two attached hydrogens (primary N) is 1. The third-order valence-electron chi connectivity index (χ3n) is 5.21. The number of benzene rings is 3. The van der Waals surface area contributed by atoms with Crippen LogP contribution in [0.15, 0.2) is 71.9 Å². The van der Waals surface area contributed by atoms with Crippen LogP contribution in [0.4, 0.5) is 11.4 Å². The van der Waals surface area contributed by atoms with Crippen LogP contribution in [0, 0.1) is 6.92 Å². The van der Waals surface area contributed by atoms with Crippen LogP contribution in [0.5, 0.6) is 0 Å². The fourth-order valence-corrected chi connectivity index (χ4v) is 3.26. The molecule has 7 nitrogen and oxygen atoms in total. The van der Waals surface area contributed by atoms with Crippen molar-refractivity contribution < 1.29 is 14.8 Å². The number of anilines is 2. The number of carbonyl (C=O) groups is 2. The SMILES string of the molecule is Cc1ccc(NC(=O)c2cccc(/C(N)=N/O)c2)c(NC(=O)c2ccc(C(C)(C)C)cc2)c1. The van der Waals surface area contributed by atoms with Crippen LogP contribution >= 0.6 is 0 Å². The zero-order chi connectivity index (χ0) is 24.2. The van der Waals surface area contributed by atoms with Crippen molar-refractivity contribution in [1.29, 1.82) is 0 Å². The van der Waals surface area contributed by atoms with E-state index >= 15 is 0 Å². The summed E-state index contributed by atoms with van der Waals surface area (Å²) < 4.78 is 0. The molecule has 0 atom stereocenters. The molecule has 0 fully saturated rings. The minimum atomic E-state index is -0.392. The van der Waals surface area contributed by atoms with Gasteiger partial charge in [-0.3, -0.25) is 9.59 Å². The Bertz CT molecular complexity index is 1210. The number of aryl methyl sites for hydroxylation is 1. The van der Waals surface area contributed by atoms with E-state index in [-0.39, 0.29) is 17.2 Å². The summed E-state index contributed by atoms with van der Waals surface area (Å²) in [5, 5.41) is 17.6. The zero-order valence-electron chi connectivity index (χ0n) is 19.1. The molecule has 0 saturated heterocycles. The number of amides is 2. The monoisotopic (exact) mass is 444 g/mol. The van der Waals surface area contributed by atoms with Gasteiger partial charge >= 0.3 is 0 Å². The molecular weight excluding hydrogens is 416 g/mol. The van der Waals surface area contributed by atoms with Gasteiger partial charge in [-0.1, -0.05) is 56.3 Å². The highest BCUT2D eigenvalue weighted by atomic mass is 16.4. The molecule has 3 aromatic rings. The zero-order valence-corrected chi connectivity index (χ0v) is 19.1. The van der Waals surface area contributed by atoms with Gasteiger partial charge in [0.05, 0.1) is 11.4 Å². The predicted octanol–water partition coefficient (Wildman–Crippen LogP) is 4.89. The van der Waals surface area contributed by atoms with Crippen LogP contribution in [0.2, 0.25) is 0 Å². The second kappa shape index (κ2) is 9.56. The second-order valence-electron chi connectivity index (χ2n) is 8.85. The normalized spacial score (nSPS) is 11.7. The first-order valence-corrected chi connectivity index (χ1v) is 10.5. The first-order valence-electron chi connectivity index (χ1n) is 10.5. The van der Waals surface area contributed by atoms with Crippen molar-refractivity contribution in [2.45, 2.75) is 33.1 Å². The van der Waals surface area contributed by atoms with E-state index in [1.165, 1.54) is 6.07 Å². The number of rotatable bonds is 5. The molecule has 0 aromatic heterocycles. The molecule has 3 rings (SSSR count). The Kier molecular flexibility index (Phi) is 6.82. The minimum Gasteiger partial charge on any atom is -0.409 e. The molecule has 3 aromatic carbocycles. The van der Waals surface area contributed by atoms with Gasteiger partial charge < -0.3 is 21.6 Å². The number of hydrogen-bond acceptors (Lipinski definition) is 4. The topological polar surface area (TPSA) is 117 Å². The predicted molar refractivity (Wildman–Crippen MR) is 131 cm³/mol. The van der Waals surface area contributed by atoms with Crippen molar-refractivity contribution in [3.05, 3.63) is 94.5 Å². The number of amidine groups is 1. The van der Waals surface area contributed by atoms with Crippen molar-refractivity contribution in [2.24, 2.45) is 10.9 Å². The Labute approximate surface area is 193 Å². The molecule has 0 heterocycles. The first-order chi connectivity index (χ1) is 15.6. The lowest BCUT2D eigenvalue weighted by molar-refractivity contribution is 0.101. The maximum atomic E-state index is 12.9. The molecule has 5 N–H and O–H groups in total. The summed E-state index contributed by atoms with van der Waals surface area (Å²) in [6, 6.07) is 19.3. The number of nitrogens with zero attached hydrogens (tertiary/aromatic N) is 1. The first kappa shape index (κ1) is 23.5. The van der Waals surface area contributed by atoms with E-state index in [2.05, 4.69) is 36.6 Å². The van der Waals surface area contributed by atoms with Crippen LogP contribution < -0.4 is 16.4 Å². The summed E-state index contributed by atoms with van der Waals surface area (Å²) in [4.78, 5) is 25.7. The van der Waals surface area contributed by atoms with Gasteiger partial charge in [0, 0.05) is 16.7 Å². The van der Waals surface area contributed by atoms with Crippen molar-refractivity contribution in [3.63, 3.8) is 0 Å². The molecule has 2 amide bonds. The number of nitrogens with one attached hydrogen (secondary N) is 2. The number of oxime groups is 1. The van der Waals surface area contributed by atoms with Crippen molar-refractivity contribution in [3.8, 4) is 0 Å². The molecule has 0 radical (unpaired) electrons. The third kappa shape index (κ3) is 5.77. The van der Waals surface area contributed by atoms with Crippen LogP contribution in [0.1, 0.15) is 58.2 Å². The lowest BCUT2D eigenvalue weighted by Crippen LogP contribution is -2.18. The highest BCUT2D eigenvalue weighted by Gasteiger charge is 2.16. The molecule has 0 spiro atoms. The van der Waals surface area contributed by atoms with Crippen LogP contribution in [-0.2, 0) is 5.41 Å². The Morgan fingerprint density at radius 1 is 0.818 bits per heavy atom. The van der Waals surface area contributed by atoms with E-state index in [0.717, 1.165) is 11.1 Å². The molecule has 33 heavy (non-hydrogen) atoms. The largest absolute Gasteiger partial charge is 0.409 e. The second-order valence-corrected chi connectivity index (χ2v) is 8.85. The number of hydrogen-bond donors (Lipinski definition) is 4. The van der Waals surface area contributed by atoms with Gasteiger partial charge in [-0.15, -0.1) is 0 Å². The molecule has 0 saturated carbocycles. The van der Waals surface area contributed by atoms with E-state index in [9.17, 15) is 9.59 Å². The van der Waals surface area contributed by atoms with Crippen molar-refractivity contribution in [1.82, 2.24) is 0 Å². The quantitative estimate of drug-likeness (QED) is 0.194. The van der Waals surface area contributed by atoms with Gasteiger partial charge in [0.25, 0.3) is 11.8 Å². The van der Waals surface area contributed by atoms with Crippen molar-refractivity contribution >= 4 is 29.0 Å². The summed E-state index contributed by atoms with van der Waals surface area (Å²) in [5.74, 6) is -0.757. The fourth-order valence-electron chi connectivity index (χ4n) is 3.26. The molecular formula is C26H28N4O3. The van der Waals surface area contributed by atoms with Crippen molar-refractivity contribution in [2.75, 3.05) is 10.6 Å². The maximum absolute atomic E-state index is 12.9. The average Bonchev–Trinajstić information content (AvgIpc) is 2.79. The smallest absolute Gasteiger partial charge is 0.255 e. The molecule has 0 aliphatic carbocycles. The van der Waals surface area contributed by atoms with Crippen LogP contribution in [0.3, 0.4) is 0 Å². The van der Waals surface area contributed by atoms with E-state index in [4.69, 9.17) is 10.9 Å². The van der Waals surface area contributed by atoms with Gasteiger partial charge in [0.2, 0.25) is 0 Å². The summed E-state index contributed by atoms with van der Waals surface area (Å²) >= 11 is 0. The standard InChI is InChI=1S/C26H28N4O3/c1-16-8-13-21(28-25(32)19-7-5-6-18(15-19)23(27)30-33)22(14-16)29-24(31)17-9-11-20(12-10-17)26(2,3)4/h5-15,33H,1-4H3,(H2,27,30)(H,28,32)(H,29,31). The average molecular weight is 445 g/mol. The Morgan fingerprint density at radius 2 is 1.42 bits per heavy atom. The lowest BCUT2D eigenvalue weighted by Gasteiger charge is -2.19. The molecule has 0 aliphatic rings. The van der Waals surface area contributed by atoms with Gasteiger partial charge in [-0.05, 0) is 59.9 Å². The van der Waals surface area contributed by atoms with E-state index in [1.807, 2.05) is 25.1 Å². The van der Waals surface area contributed by atoms with Crippen LogP contribution in [0.25, 0.3) is 0 Å². The Hall–Kier alpha value is -4.13. The minimum absolute atomic E-state index is 0.00595. The van der Waals surface area contributed by atoms with Gasteiger partial charge in [0.15, 0.2) is 5.84 Å². The highest BCUT2D eigenvalue weighted by molar-refractivity contribution is 6.10. The van der Waals surface area contributed by atoms with Gasteiger partial charge in [0.1, 0.15) is 0 Å². The summed E-state index contributed by atoms with van der Waals surface area (Å²) in [6.07, 6.45) is 0. The molecule has 7 heteroatoms. The van der Waals surface area contributed by atoms with Gasteiger partial charge in [-0.25, -0.2) is 0 Å². The van der Waals surface area contributed by atoms with E-state index in [1.54, 1.807) is 42.5 Å². The van der Waals surface area contributed by atoms with Gasteiger partial charge in [-0.2, -0.15) is 0 Å². The Balaban J connectivity index is 1.82. The molecule has 0 unspecified atom stereocenters. The summed E-state index contributed by atoms with van der Waals surface area (Å²) in [5.41, 5.74) is 9.89. The van der Waals surface area contributed by atoms with Crippen LogP contribution in [-0.4, -0.2) is 22.9 Å². The summed E-state index contributed by atoms with van der Waals surface area (Å²) in [6.45, 7) is 8.25. The van der Waals surface area contributed by atoms with E-state index in [0.29, 0.717) is 28.1 Å². The molecule has 0 aliphatic heterocycles. The summed E-state index contributed by atoms with van der Waals surface area (Å²) in [7, 11) is 0. The maximum Gasteiger partial charge on any atom is 0.255 e. The fraction of sp³-hybridized carbons (Fsp3) is 0.192.